The fourth-order valence-corrected chi connectivity index (χ4v) is 3.40. The zero-order chi connectivity index (χ0) is 17.3. The van der Waals surface area contributed by atoms with Crippen LogP contribution in [-0.4, -0.2) is 16.0 Å². The largest absolute Gasteiger partial charge is 0.293 e. The van der Waals surface area contributed by atoms with Gasteiger partial charge in [0.15, 0.2) is 0 Å². The molecule has 0 N–H and O–H groups in total. The molecule has 0 saturated carbocycles. The highest BCUT2D eigenvalue weighted by atomic mass is 79.9. The fourth-order valence-electron chi connectivity index (χ4n) is 2.16. The average Bonchev–Trinajstić information content (AvgIpc) is 2.80. The van der Waals surface area contributed by atoms with Gasteiger partial charge in [-0.3, -0.25) is 14.5 Å². The summed E-state index contributed by atoms with van der Waals surface area (Å²) in [7, 11) is 0. The number of amides is 2. The predicted octanol–water partition coefficient (Wildman–Crippen LogP) is 4.96. The Labute approximate surface area is 149 Å². The van der Waals surface area contributed by atoms with E-state index >= 15 is 0 Å². The molecule has 3 rings (SSSR count). The smallest absolute Gasteiger partial charge is 0.268 e. The minimum atomic E-state index is -0.422. The monoisotopic (exact) mass is 409 g/mol. The molecule has 2 amide bonds. The SMILES string of the molecule is O=C1S/C(=C/c2ccc(F)c(Br)c2)C(=O)N1Cc1ccc(F)cc1. The maximum Gasteiger partial charge on any atom is 0.293 e. The summed E-state index contributed by atoms with van der Waals surface area (Å²) in [5.41, 5.74) is 1.26. The molecule has 0 aromatic heterocycles. The number of carbonyl (C=O) groups is 2. The van der Waals surface area contributed by atoms with Gasteiger partial charge in [0.1, 0.15) is 11.6 Å². The van der Waals surface area contributed by atoms with E-state index in [1.165, 1.54) is 42.5 Å². The van der Waals surface area contributed by atoms with Crippen molar-refractivity contribution in [3.8, 4) is 0 Å². The van der Waals surface area contributed by atoms with E-state index in [1.54, 1.807) is 6.08 Å². The lowest BCUT2D eigenvalue weighted by Crippen LogP contribution is -2.27. The van der Waals surface area contributed by atoms with Crippen LogP contribution in [0.2, 0.25) is 0 Å². The molecule has 0 atom stereocenters. The molecule has 0 spiro atoms. The second kappa shape index (κ2) is 6.86. The average molecular weight is 410 g/mol. The van der Waals surface area contributed by atoms with Crippen molar-refractivity contribution in [3.05, 3.63) is 74.6 Å². The van der Waals surface area contributed by atoms with Crippen LogP contribution in [0.1, 0.15) is 11.1 Å². The molecule has 1 aliphatic rings. The third kappa shape index (κ3) is 3.57. The van der Waals surface area contributed by atoms with Gasteiger partial charge in [-0.05, 0) is 69.2 Å². The minimum absolute atomic E-state index is 0.0788. The zero-order valence-corrected chi connectivity index (χ0v) is 14.5. The molecule has 1 aliphatic heterocycles. The molecule has 2 aromatic rings. The highest BCUT2D eigenvalue weighted by Gasteiger charge is 2.34. The van der Waals surface area contributed by atoms with E-state index in [1.807, 2.05) is 0 Å². The van der Waals surface area contributed by atoms with Gasteiger partial charge >= 0.3 is 0 Å². The van der Waals surface area contributed by atoms with Gasteiger partial charge in [-0.1, -0.05) is 18.2 Å². The first kappa shape index (κ1) is 16.9. The highest BCUT2D eigenvalue weighted by molar-refractivity contribution is 9.10. The van der Waals surface area contributed by atoms with E-state index in [9.17, 15) is 18.4 Å². The quantitative estimate of drug-likeness (QED) is 0.671. The Morgan fingerprint density at radius 2 is 1.79 bits per heavy atom. The van der Waals surface area contributed by atoms with Gasteiger partial charge in [-0.2, -0.15) is 0 Å². The van der Waals surface area contributed by atoms with Gasteiger partial charge in [-0.25, -0.2) is 8.78 Å². The second-order valence-corrected chi connectivity index (χ2v) is 6.92. The van der Waals surface area contributed by atoms with Gasteiger partial charge in [0.2, 0.25) is 0 Å². The predicted molar refractivity (Wildman–Crippen MR) is 92.0 cm³/mol. The molecule has 24 heavy (non-hydrogen) atoms. The fraction of sp³-hybridized carbons (Fsp3) is 0.0588. The molecular formula is C17H10BrF2NO2S. The number of hydrogen-bond donors (Lipinski definition) is 0. The van der Waals surface area contributed by atoms with Crippen molar-refractivity contribution in [2.45, 2.75) is 6.54 Å². The Bertz CT molecular complexity index is 852. The lowest BCUT2D eigenvalue weighted by atomic mass is 10.2. The van der Waals surface area contributed by atoms with E-state index in [4.69, 9.17) is 0 Å². The lowest BCUT2D eigenvalue weighted by molar-refractivity contribution is -0.123. The number of halogens is 3. The molecule has 0 unspecified atom stereocenters. The third-order valence-electron chi connectivity index (χ3n) is 3.37. The maximum absolute atomic E-state index is 13.3. The zero-order valence-electron chi connectivity index (χ0n) is 12.1. The Kier molecular flexibility index (Phi) is 4.82. The third-order valence-corrected chi connectivity index (χ3v) is 4.88. The van der Waals surface area contributed by atoms with Crippen molar-refractivity contribution in [3.63, 3.8) is 0 Å². The Hall–Kier alpha value is -1.99. The first-order valence-corrected chi connectivity index (χ1v) is 8.50. The molecule has 0 bridgehead atoms. The van der Waals surface area contributed by atoms with E-state index < -0.39 is 17.0 Å². The van der Waals surface area contributed by atoms with Crippen LogP contribution in [-0.2, 0) is 11.3 Å². The van der Waals surface area contributed by atoms with Gasteiger partial charge in [-0.15, -0.1) is 0 Å². The molecule has 1 fully saturated rings. The van der Waals surface area contributed by atoms with Crippen LogP contribution in [0.25, 0.3) is 6.08 Å². The van der Waals surface area contributed by atoms with Crippen molar-refractivity contribution >= 4 is 44.9 Å². The Morgan fingerprint density at radius 1 is 1.08 bits per heavy atom. The molecule has 7 heteroatoms. The summed E-state index contributed by atoms with van der Waals surface area (Å²) in [6.45, 7) is 0.0788. The molecule has 1 heterocycles. The number of nitrogens with zero attached hydrogens (tertiary/aromatic N) is 1. The number of carbonyl (C=O) groups excluding carboxylic acids is 2. The highest BCUT2D eigenvalue weighted by Crippen LogP contribution is 2.33. The first-order chi connectivity index (χ1) is 11.4. The van der Waals surface area contributed by atoms with Gasteiger partial charge < -0.3 is 0 Å². The standard InChI is InChI=1S/C17H10BrF2NO2S/c18-13-7-11(3-6-14(13)20)8-15-16(22)21(17(23)24-15)9-10-1-4-12(19)5-2-10/h1-8H,9H2/b15-8+. The van der Waals surface area contributed by atoms with Crippen molar-refractivity contribution in [1.82, 2.24) is 4.90 Å². The second-order valence-electron chi connectivity index (χ2n) is 5.07. The summed E-state index contributed by atoms with van der Waals surface area (Å²) < 4.78 is 26.5. The topological polar surface area (TPSA) is 37.4 Å². The maximum atomic E-state index is 13.3. The van der Waals surface area contributed by atoms with Gasteiger partial charge in [0, 0.05) is 0 Å². The number of imide groups is 1. The molecule has 1 saturated heterocycles. The number of rotatable bonds is 3. The number of thioether (sulfide) groups is 1. The summed E-state index contributed by atoms with van der Waals surface area (Å²) in [5.74, 6) is -1.21. The summed E-state index contributed by atoms with van der Waals surface area (Å²) in [4.78, 5) is 25.8. The van der Waals surface area contributed by atoms with Gasteiger partial charge in [0.25, 0.3) is 11.1 Å². The summed E-state index contributed by atoms with van der Waals surface area (Å²) >= 11 is 3.90. The summed E-state index contributed by atoms with van der Waals surface area (Å²) in [5, 5.41) is -0.392. The van der Waals surface area contributed by atoms with Crippen molar-refractivity contribution in [2.24, 2.45) is 0 Å². The van der Waals surface area contributed by atoms with Crippen LogP contribution in [0.3, 0.4) is 0 Å². The molecule has 0 radical (unpaired) electrons. The van der Waals surface area contributed by atoms with Crippen LogP contribution in [0.15, 0.2) is 51.8 Å². The van der Waals surface area contributed by atoms with Crippen LogP contribution in [0.4, 0.5) is 13.6 Å². The minimum Gasteiger partial charge on any atom is -0.268 e. The number of benzene rings is 2. The Balaban J connectivity index is 1.81. The van der Waals surface area contributed by atoms with E-state index in [0.717, 1.165) is 16.7 Å². The Morgan fingerprint density at radius 3 is 2.46 bits per heavy atom. The van der Waals surface area contributed by atoms with Crippen LogP contribution in [0, 0.1) is 11.6 Å². The molecule has 2 aromatic carbocycles. The van der Waals surface area contributed by atoms with Crippen LogP contribution < -0.4 is 0 Å². The molecule has 0 aliphatic carbocycles. The van der Waals surface area contributed by atoms with Crippen LogP contribution >= 0.6 is 27.7 Å². The number of hydrogen-bond acceptors (Lipinski definition) is 3. The normalized spacial score (nSPS) is 16.3. The summed E-state index contributed by atoms with van der Waals surface area (Å²) in [6.07, 6.45) is 1.54. The van der Waals surface area contributed by atoms with Crippen molar-refractivity contribution in [1.29, 1.82) is 0 Å². The lowest BCUT2D eigenvalue weighted by Gasteiger charge is -2.12. The first-order valence-electron chi connectivity index (χ1n) is 6.89. The van der Waals surface area contributed by atoms with E-state index in [0.29, 0.717) is 11.1 Å². The summed E-state index contributed by atoms with van der Waals surface area (Å²) in [6, 6.07) is 9.94. The van der Waals surface area contributed by atoms with E-state index in [2.05, 4.69) is 15.9 Å². The van der Waals surface area contributed by atoms with Crippen molar-refractivity contribution < 1.29 is 18.4 Å². The van der Waals surface area contributed by atoms with Gasteiger partial charge in [0.05, 0.1) is 15.9 Å². The molecular weight excluding hydrogens is 400 g/mol. The molecule has 3 nitrogen and oxygen atoms in total. The van der Waals surface area contributed by atoms with E-state index in [-0.39, 0.29) is 21.7 Å². The molecule has 122 valence electrons. The van der Waals surface area contributed by atoms with Crippen LogP contribution in [0.5, 0.6) is 0 Å². The van der Waals surface area contributed by atoms with Crippen molar-refractivity contribution in [2.75, 3.05) is 0 Å².